The van der Waals surface area contributed by atoms with Crippen LogP contribution in [0.1, 0.15) is 28.8 Å². The molecule has 0 saturated carbocycles. The first-order valence-corrected chi connectivity index (χ1v) is 11.4. The summed E-state index contributed by atoms with van der Waals surface area (Å²) >= 11 is 0. The summed E-state index contributed by atoms with van der Waals surface area (Å²) < 4.78 is 21.0. The first-order chi connectivity index (χ1) is 17.4. The lowest BCUT2D eigenvalue weighted by molar-refractivity contribution is -0.140. The molecular weight excluding hydrogens is 464 g/mol. The molecule has 0 fully saturated rings. The summed E-state index contributed by atoms with van der Waals surface area (Å²) in [4.78, 5) is 34.8. The van der Waals surface area contributed by atoms with Gasteiger partial charge in [-0.3, -0.25) is 4.79 Å². The minimum Gasteiger partial charge on any atom is -0.493 e. The van der Waals surface area contributed by atoms with Crippen LogP contribution in [0.5, 0.6) is 11.5 Å². The molecule has 0 aliphatic carbocycles. The number of carbonyl (C=O) groups is 3. The molecule has 190 valence electrons. The number of aliphatic hydroxyl groups is 1. The van der Waals surface area contributed by atoms with Gasteiger partial charge in [-0.1, -0.05) is 31.4 Å². The summed E-state index contributed by atoms with van der Waals surface area (Å²) in [5, 5.41) is 8.81. The Kier molecular flexibility index (Phi) is 12.2. The van der Waals surface area contributed by atoms with Gasteiger partial charge in [0, 0.05) is 24.5 Å². The molecule has 0 spiro atoms. The average Bonchev–Trinajstić information content (AvgIpc) is 2.91. The summed E-state index contributed by atoms with van der Waals surface area (Å²) in [6, 6.07) is 14.0. The number of ether oxygens (including phenoxy) is 4. The van der Waals surface area contributed by atoms with Crippen LogP contribution in [0.2, 0.25) is 0 Å². The van der Waals surface area contributed by atoms with Gasteiger partial charge in [-0.25, -0.2) is 9.59 Å². The van der Waals surface area contributed by atoms with Gasteiger partial charge in [0.15, 0.2) is 5.78 Å². The Balaban J connectivity index is 1.71. The minimum absolute atomic E-state index is 0.0153. The van der Waals surface area contributed by atoms with E-state index in [-0.39, 0.29) is 24.6 Å². The van der Waals surface area contributed by atoms with Gasteiger partial charge >= 0.3 is 11.9 Å². The number of ketones is 1. The van der Waals surface area contributed by atoms with Gasteiger partial charge in [0.2, 0.25) is 0 Å². The number of hydrogen-bond donors (Lipinski definition) is 1. The van der Waals surface area contributed by atoms with Gasteiger partial charge < -0.3 is 24.1 Å². The van der Waals surface area contributed by atoms with Crippen molar-refractivity contribution in [2.75, 3.05) is 33.0 Å². The summed E-state index contributed by atoms with van der Waals surface area (Å²) in [6.45, 7) is 7.45. The second-order valence-electron chi connectivity index (χ2n) is 7.46. The molecule has 0 aliphatic heterocycles. The monoisotopic (exact) mass is 494 g/mol. The Morgan fingerprint density at radius 3 is 1.92 bits per heavy atom. The topological polar surface area (TPSA) is 108 Å². The maximum atomic E-state index is 12.4. The first kappa shape index (κ1) is 28.1. The van der Waals surface area contributed by atoms with Crippen LogP contribution < -0.4 is 9.47 Å². The van der Waals surface area contributed by atoms with E-state index in [1.165, 1.54) is 6.08 Å². The second-order valence-corrected chi connectivity index (χ2v) is 7.46. The number of aliphatic hydroxyl groups excluding tert-OH is 1. The van der Waals surface area contributed by atoms with Gasteiger partial charge in [-0.2, -0.15) is 0 Å². The maximum Gasteiger partial charge on any atom is 0.335 e. The van der Waals surface area contributed by atoms with Crippen LogP contribution in [-0.2, 0) is 19.1 Å². The van der Waals surface area contributed by atoms with Crippen molar-refractivity contribution in [2.45, 2.75) is 12.8 Å². The Bertz CT molecular complexity index is 1050. The lowest BCUT2D eigenvalue weighted by Gasteiger charge is -2.08. The number of esters is 2. The molecular formula is C28H30O8. The molecule has 0 aliphatic rings. The fraction of sp³-hybridized carbons (Fsp3) is 0.250. The number of hydrogen-bond acceptors (Lipinski definition) is 8. The second kappa shape index (κ2) is 15.7. The van der Waals surface area contributed by atoms with E-state index in [2.05, 4.69) is 13.2 Å². The van der Waals surface area contributed by atoms with Crippen LogP contribution in [0.3, 0.4) is 0 Å². The van der Waals surface area contributed by atoms with E-state index in [9.17, 15) is 14.4 Å². The van der Waals surface area contributed by atoms with Crippen molar-refractivity contribution in [3.63, 3.8) is 0 Å². The van der Waals surface area contributed by atoms with E-state index < -0.39 is 18.5 Å². The number of benzene rings is 2. The van der Waals surface area contributed by atoms with Crippen LogP contribution in [0.4, 0.5) is 0 Å². The lowest BCUT2D eigenvalue weighted by atomic mass is 10.1. The van der Waals surface area contributed by atoms with E-state index in [1.807, 2.05) is 12.1 Å². The molecule has 0 heterocycles. The molecule has 1 N–H and O–H groups in total. The third-order valence-corrected chi connectivity index (χ3v) is 4.68. The minimum atomic E-state index is -0.617. The smallest absolute Gasteiger partial charge is 0.335 e. The third-order valence-electron chi connectivity index (χ3n) is 4.68. The van der Waals surface area contributed by atoms with Crippen molar-refractivity contribution < 1.29 is 38.4 Å². The summed E-state index contributed by atoms with van der Waals surface area (Å²) in [6.07, 6.45) is 5.36. The highest BCUT2D eigenvalue weighted by Crippen LogP contribution is 2.16. The lowest BCUT2D eigenvalue weighted by Crippen LogP contribution is -2.12. The predicted octanol–water partition coefficient (Wildman–Crippen LogP) is 3.94. The van der Waals surface area contributed by atoms with E-state index in [1.54, 1.807) is 42.5 Å². The van der Waals surface area contributed by atoms with E-state index >= 15 is 0 Å². The van der Waals surface area contributed by atoms with Crippen molar-refractivity contribution in [1.82, 2.24) is 0 Å². The van der Waals surface area contributed by atoms with Crippen molar-refractivity contribution in [1.29, 1.82) is 0 Å². The Morgan fingerprint density at radius 1 is 0.806 bits per heavy atom. The largest absolute Gasteiger partial charge is 0.493 e. The summed E-state index contributed by atoms with van der Waals surface area (Å²) in [5.41, 5.74) is 1.38. The van der Waals surface area contributed by atoms with Gasteiger partial charge in [0.1, 0.15) is 11.5 Å². The molecule has 0 unspecified atom stereocenters. The third kappa shape index (κ3) is 10.4. The molecule has 2 aromatic rings. The number of rotatable bonds is 16. The normalized spacial score (nSPS) is 10.5. The molecule has 8 nitrogen and oxygen atoms in total. The summed E-state index contributed by atoms with van der Waals surface area (Å²) in [7, 11) is 0. The zero-order valence-electron chi connectivity index (χ0n) is 20.0. The standard InChI is InChI=1S/C28H30O8/c1-3-27(31)35-18-4-16-34-25-13-9-23(10-14-25)26(30)15-8-22-6-11-24(12-7-22)33-17-5-19-36-28(32)21(2)20-29/h3,6-15,29H,1-2,4-5,16-20H2/b15-8+. The predicted molar refractivity (Wildman–Crippen MR) is 135 cm³/mol. The van der Waals surface area contributed by atoms with Gasteiger partial charge in [0.05, 0.1) is 38.6 Å². The van der Waals surface area contributed by atoms with E-state index in [0.717, 1.165) is 11.6 Å². The molecule has 0 aromatic heterocycles. The van der Waals surface area contributed by atoms with Crippen molar-refractivity contribution in [3.05, 3.63) is 90.5 Å². The average molecular weight is 495 g/mol. The molecule has 2 rings (SSSR count). The molecule has 0 atom stereocenters. The molecule has 2 aromatic carbocycles. The maximum absolute atomic E-state index is 12.4. The molecule has 8 heteroatoms. The molecule has 0 amide bonds. The number of allylic oxidation sites excluding steroid dienone is 1. The highest BCUT2D eigenvalue weighted by molar-refractivity contribution is 6.06. The van der Waals surface area contributed by atoms with E-state index in [0.29, 0.717) is 43.1 Å². The van der Waals surface area contributed by atoms with Gasteiger partial charge in [0.25, 0.3) is 0 Å². The van der Waals surface area contributed by atoms with Crippen molar-refractivity contribution in [2.24, 2.45) is 0 Å². The van der Waals surface area contributed by atoms with Crippen molar-refractivity contribution >= 4 is 23.8 Å². The van der Waals surface area contributed by atoms with Crippen LogP contribution in [0, 0.1) is 0 Å². The highest BCUT2D eigenvalue weighted by Gasteiger charge is 2.06. The van der Waals surface area contributed by atoms with Crippen LogP contribution >= 0.6 is 0 Å². The van der Waals surface area contributed by atoms with Gasteiger partial charge in [-0.05, 0) is 48.0 Å². The zero-order chi connectivity index (χ0) is 26.2. The first-order valence-electron chi connectivity index (χ1n) is 11.4. The van der Waals surface area contributed by atoms with Crippen molar-refractivity contribution in [3.8, 4) is 11.5 Å². The van der Waals surface area contributed by atoms with Gasteiger partial charge in [-0.15, -0.1) is 0 Å². The molecule has 36 heavy (non-hydrogen) atoms. The fourth-order valence-corrected chi connectivity index (χ4v) is 2.72. The molecule has 0 saturated heterocycles. The molecule has 0 radical (unpaired) electrons. The fourth-order valence-electron chi connectivity index (χ4n) is 2.72. The van der Waals surface area contributed by atoms with E-state index in [4.69, 9.17) is 24.1 Å². The van der Waals surface area contributed by atoms with Crippen LogP contribution in [0.25, 0.3) is 6.08 Å². The Morgan fingerprint density at radius 2 is 1.36 bits per heavy atom. The highest BCUT2D eigenvalue weighted by atomic mass is 16.5. The number of carbonyl (C=O) groups excluding carboxylic acids is 3. The van der Waals surface area contributed by atoms with Crippen LogP contribution in [0.15, 0.2) is 79.4 Å². The molecule has 0 bridgehead atoms. The SMILES string of the molecule is C=CC(=O)OCCCOc1ccc(C(=O)/C=C/c2ccc(OCCCOC(=O)C(=C)CO)cc2)cc1. The Hall–Kier alpha value is -4.17. The Labute approximate surface area is 210 Å². The summed E-state index contributed by atoms with van der Waals surface area (Å²) in [5.74, 6) is 0.0497. The zero-order valence-corrected chi connectivity index (χ0v) is 20.0. The van der Waals surface area contributed by atoms with Crippen LogP contribution in [-0.4, -0.2) is 55.9 Å². The quantitative estimate of drug-likeness (QED) is 0.162.